The second-order valence-electron chi connectivity index (χ2n) is 5.95. The molecule has 1 aliphatic carbocycles. The average Bonchev–Trinajstić information content (AvgIpc) is 2.55. The molecule has 1 fully saturated rings. The molecule has 2 rings (SSSR count). The van der Waals surface area contributed by atoms with Crippen LogP contribution in [0.5, 0.6) is 0 Å². The van der Waals surface area contributed by atoms with Gasteiger partial charge in [0, 0.05) is 10.5 Å². The number of allylic oxidation sites excluding steroid dienone is 2. The molecule has 0 unspecified atom stereocenters. The van der Waals surface area contributed by atoms with E-state index in [0.29, 0.717) is 10.4 Å². The molecule has 2 atom stereocenters. The monoisotopic (exact) mass is 372 g/mol. The Kier molecular flexibility index (Phi) is 6.61. The summed E-state index contributed by atoms with van der Waals surface area (Å²) in [5, 5.41) is 12.3. The van der Waals surface area contributed by atoms with Crippen molar-refractivity contribution in [3.05, 3.63) is 52.0 Å². The molecule has 0 aromatic heterocycles. The van der Waals surface area contributed by atoms with Gasteiger partial charge in [-0.25, -0.2) is 0 Å². The van der Waals surface area contributed by atoms with Gasteiger partial charge < -0.3 is 5.32 Å². The molecule has 0 bridgehead atoms. The highest BCUT2D eigenvalue weighted by molar-refractivity contribution is 9.12. The Morgan fingerprint density at radius 2 is 2.00 bits per heavy atom. The lowest BCUT2D eigenvalue weighted by Crippen LogP contribution is -2.41. The van der Waals surface area contributed by atoms with Crippen LogP contribution >= 0.6 is 15.9 Å². The summed E-state index contributed by atoms with van der Waals surface area (Å²) in [5.41, 5.74) is 1.14. The molecule has 3 nitrogen and oxygen atoms in total. The van der Waals surface area contributed by atoms with Gasteiger partial charge in [0.05, 0.1) is 0 Å². The van der Waals surface area contributed by atoms with Gasteiger partial charge in [0.15, 0.2) is 0 Å². The van der Waals surface area contributed by atoms with E-state index in [2.05, 4.69) is 28.2 Å². The number of hydrogen-bond donors (Lipinski definition) is 1. The fourth-order valence-corrected chi connectivity index (χ4v) is 3.31. The lowest BCUT2D eigenvalue weighted by atomic mass is 9.86. The smallest absolute Gasteiger partial charge is 0.262 e. The molecule has 0 radical (unpaired) electrons. The number of benzene rings is 1. The third-order valence-electron chi connectivity index (χ3n) is 4.18. The summed E-state index contributed by atoms with van der Waals surface area (Å²) < 4.78 is 0.701. The molecule has 0 spiro atoms. The Balaban J connectivity index is 2.07. The van der Waals surface area contributed by atoms with Crippen molar-refractivity contribution in [3.63, 3.8) is 0 Å². The minimum Gasteiger partial charge on any atom is -0.348 e. The van der Waals surface area contributed by atoms with Crippen molar-refractivity contribution in [1.29, 1.82) is 5.26 Å². The molecule has 1 aliphatic rings. The van der Waals surface area contributed by atoms with Gasteiger partial charge in [-0.05, 0) is 36.5 Å². The maximum Gasteiger partial charge on any atom is 0.262 e. The zero-order chi connectivity index (χ0) is 16.7. The van der Waals surface area contributed by atoms with Gasteiger partial charge in [0.1, 0.15) is 11.6 Å². The molecule has 1 N–H and O–H groups in total. The highest BCUT2D eigenvalue weighted by atomic mass is 79.9. The number of carbonyl (C=O) groups is 1. The van der Waals surface area contributed by atoms with Crippen molar-refractivity contribution in [1.82, 2.24) is 5.32 Å². The highest BCUT2D eigenvalue weighted by Gasteiger charge is 2.23. The summed E-state index contributed by atoms with van der Waals surface area (Å²) in [5.74, 6) is 0.181. The summed E-state index contributed by atoms with van der Waals surface area (Å²) >= 11 is 3.42. The SMILES string of the molecule is C[C@@H]1CCCC[C@H]1NC(=O)/C(C#N)=C/C(Br)=C/c1ccccc1. The average molecular weight is 373 g/mol. The molecular weight excluding hydrogens is 352 g/mol. The maximum absolute atomic E-state index is 12.3. The van der Waals surface area contributed by atoms with Crippen LogP contribution < -0.4 is 5.32 Å². The number of carbonyl (C=O) groups excluding carboxylic acids is 1. The zero-order valence-electron chi connectivity index (χ0n) is 13.3. The second kappa shape index (κ2) is 8.69. The number of nitrogens with zero attached hydrogens (tertiary/aromatic N) is 1. The summed E-state index contributed by atoms with van der Waals surface area (Å²) in [4.78, 5) is 12.3. The van der Waals surface area contributed by atoms with E-state index >= 15 is 0 Å². The van der Waals surface area contributed by atoms with Gasteiger partial charge >= 0.3 is 0 Å². The predicted molar refractivity (Wildman–Crippen MR) is 96.6 cm³/mol. The van der Waals surface area contributed by atoms with Gasteiger partial charge in [-0.15, -0.1) is 0 Å². The molecular formula is C19H21BrN2O. The number of rotatable bonds is 4. The number of nitrogens with one attached hydrogen (secondary N) is 1. The number of nitriles is 1. The first kappa shape index (κ1) is 17.5. The number of amides is 1. The molecule has 1 aromatic carbocycles. The predicted octanol–water partition coefficient (Wildman–Crippen LogP) is 4.57. The fourth-order valence-electron chi connectivity index (χ4n) is 2.81. The van der Waals surface area contributed by atoms with E-state index in [0.717, 1.165) is 24.8 Å². The quantitative estimate of drug-likeness (QED) is 0.478. The van der Waals surface area contributed by atoms with Crippen LogP contribution in [-0.4, -0.2) is 11.9 Å². The second-order valence-corrected chi connectivity index (χ2v) is 6.87. The third kappa shape index (κ3) is 5.37. The van der Waals surface area contributed by atoms with E-state index < -0.39 is 0 Å². The van der Waals surface area contributed by atoms with Crippen LogP contribution in [0.25, 0.3) is 6.08 Å². The van der Waals surface area contributed by atoms with Crippen molar-refractivity contribution < 1.29 is 4.79 Å². The minimum absolute atomic E-state index is 0.127. The topological polar surface area (TPSA) is 52.9 Å². The lowest BCUT2D eigenvalue weighted by Gasteiger charge is -2.29. The number of hydrogen-bond acceptors (Lipinski definition) is 2. The van der Waals surface area contributed by atoms with Crippen LogP contribution in [0.1, 0.15) is 38.2 Å². The van der Waals surface area contributed by atoms with Gasteiger partial charge in [0.25, 0.3) is 5.91 Å². The summed E-state index contributed by atoms with van der Waals surface area (Å²) in [6.07, 6.45) is 7.95. The molecule has 1 aromatic rings. The van der Waals surface area contributed by atoms with Gasteiger partial charge in [-0.2, -0.15) is 5.26 Å². The van der Waals surface area contributed by atoms with E-state index in [9.17, 15) is 10.1 Å². The van der Waals surface area contributed by atoms with Crippen LogP contribution in [0.3, 0.4) is 0 Å². The van der Waals surface area contributed by atoms with Gasteiger partial charge in [-0.3, -0.25) is 4.79 Å². The Morgan fingerprint density at radius 1 is 1.30 bits per heavy atom. The van der Waals surface area contributed by atoms with Crippen molar-refractivity contribution >= 4 is 27.9 Å². The molecule has 23 heavy (non-hydrogen) atoms. The molecule has 0 saturated heterocycles. The maximum atomic E-state index is 12.3. The first-order chi connectivity index (χ1) is 11.1. The van der Waals surface area contributed by atoms with Crippen molar-refractivity contribution in [2.75, 3.05) is 0 Å². The summed E-state index contributed by atoms with van der Waals surface area (Å²) in [6, 6.07) is 11.9. The summed E-state index contributed by atoms with van der Waals surface area (Å²) in [7, 11) is 0. The fraction of sp³-hybridized carbons (Fsp3) is 0.368. The van der Waals surface area contributed by atoms with Gasteiger partial charge in [0.2, 0.25) is 0 Å². The van der Waals surface area contributed by atoms with E-state index in [1.54, 1.807) is 6.08 Å². The molecule has 0 heterocycles. The van der Waals surface area contributed by atoms with E-state index in [1.165, 1.54) is 6.42 Å². The Hall–Kier alpha value is -1.86. The van der Waals surface area contributed by atoms with Crippen LogP contribution in [0.15, 0.2) is 46.5 Å². The molecule has 0 aliphatic heterocycles. The molecule has 1 saturated carbocycles. The zero-order valence-corrected chi connectivity index (χ0v) is 14.8. The summed E-state index contributed by atoms with van der Waals surface area (Å²) in [6.45, 7) is 2.16. The van der Waals surface area contributed by atoms with Crippen molar-refractivity contribution in [2.24, 2.45) is 5.92 Å². The molecule has 120 valence electrons. The van der Waals surface area contributed by atoms with Crippen molar-refractivity contribution in [3.8, 4) is 6.07 Å². The Morgan fingerprint density at radius 3 is 2.65 bits per heavy atom. The van der Waals surface area contributed by atoms with E-state index in [1.807, 2.05) is 42.5 Å². The molecule has 1 amide bonds. The normalized spacial score (nSPS) is 22.3. The van der Waals surface area contributed by atoms with Crippen LogP contribution in [-0.2, 0) is 4.79 Å². The molecule has 4 heteroatoms. The lowest BCUT2D eigenvalue weighted by molar-refractivity contribution is -0.118. The van der Waals surface area contributed by atoms with Crippen molar-refractivity contribution in [2.45, 2.75) is 38.6 Å². The van der Waals surface area contributed by atoms with Crippen LogP contribution in [0.4, 0.5) is 0 Å². The third-order valence-corrected chi connectivity index (χ3v) is 4.64. The first-order valence-electron chi connectivity index (χ1n) is 7.95. The van der Waals surface area contributed by atoms with Gasteiger partial charge in [-0.1, -0.05) is 66.0 Å². The number of halogens is 1. The Bertz CT molecular complexity index is 643. The minimum atomic E-state index is -0.287. The first-order valence-corrected chi connectivity index (χ1v) is 8.74. The highest BCUT2D eigenvalue weighted by Crippen LogP contribution is 2.24. The standard InChI is InChI=1S/C19H21BrN2O/c1-14-7-5-6-10-18(14)22-19(23)16(13-21)12-17(20)11-15-8-3-2-4-9-15/h2-4,8-9,11-12,14,18H,5-7,10H2,1H3,(H,22,23)/b16-12+,17-11-/t14-,18-/m1/s1. The largest absolute Gasteiger partial charge is 0.348 e. The van der Waals surface area contributed by atoms with Crippen LogP contribution in [0.2, 0.25) is 0 Å². The van der Waals surface area contributed by atoms with Crippen LogP contribution in [0, 0.1) is 17.2 Å². The Labute approximate surface area is 146 Å². The van der Waals surface area contributed by atoms with E-state index in [-0.39, 0.29) is 17.5 Å². The van der Waals surface area contributed by atoms with E-state index in [4.69, 9.17) is 0 Å².